The molecule has 146 valence electrons. The third-order valence-corrected chi connectivity index (χ3v) is 4.83. The van der Waals surface area contributed by atoms with Crippen molar-refractivity contribution < 1.29 is 23.9 Å². The molecule has 2 aliphatic heterocycles. The molecule has 1 aromatic rings. The standard InChI is InChI=1S/C19H25N3O5/c1-26-19(25)15-7-2-3-9-22(15)18(24)13-5-4-6-14(11-13)21-17(23)16-12-20-8-10-27-16/h4-6,11,15-16,20H,2-3,7-10,12H2,1H3,(H,21,23). The number of methoxy groups -OCH3 is 1. The molecule has 2 unspecified atom stereocenters. The Kier molecular flexibility index (Phi) is 6.41. The molecular formula is C19H25N3O5. The van der Waals surface area contributed by atoms with Crippen LogP contribution in [0.15, 0.2) is 24.3 Å². The fraction of sp³-hybridized carbons (Fsp3) is 0.526. The number of nitrogens with one attached hydrogen (secondary N) is 2. The first-order chi connectivity index (χ1) is 13.1. The molecule has 2 saturated heterocycles. The van der Waals surface area contributed by atoms with Gasteiger partial charge in [-0.2, -0.15) is 0 Å². The summed E-state index contributed by atoms with van der Waals surface area (Å²) in [5.74, 6) is -0.886. The van der Waals surface area contributed by atoms with Crippen molar-refractivity contribution >= 4 is 23.5 Å². The van der Waals surface area contributed by atoms with Crippen LogP contribution in [0.3, 0.4) is 0 Å². The van der Waals surface area contributed by atoms with Gasteiger partial charge in [-0.3, -0.25) is 9.59 Å². The van der Waals surface area contributed by atoms with Gasteiger partial charge in [-0.15, -0.1) is 0 Å². The van der Waals surface area contributed by atoms with E-state index in [1.807, 2.05) is 0 Å². The number of nitrogens with zero attached hydrogens (tertiary/aromatic N) is 1. The Labute approximate surface area is 158 Å². The van der Waals surface area contributed by atoms with Crippen molar-refractivity contribution in [2.75, 3.05) is 38.7 Å². The van der Waals surface area contributed by atoms with E-state index in [2.05, 4.69) is 10.6 Å². The minimum Gasteiger partial charge on any atom is -0.467 e. The molecule has 27 heavy (non-hydrogen) atoms. The molecule has 2 fully saturated rings. The van der Waals surface area contributed by atoms with E-state index in [9.17, 15) is 14.4 Å². The van der Waals surface area contributed by atoms with Gasteiger partial charge in [-0.05, 0) is 37.5 Å². The van der Waals surface area contributed by atoms with Gasteiger partial charge in [0.2, 0.25) is 0 Å². The predicted molar refractivity (Wildman–Crippen MR) is 98.4 cm³/mol. The predicted octanol–water partition coefficient (Wildman–Crippen LogP) is 0.781. The Balaban J connectivity index is 1.71. The summed E-state index contributed by atoms with van der Waals surface area (Å²) in [6.45, 7) is 2.18. The van der Waals surface area contributed by atoms with Crippen LogP contribution in [0.2, 0.25) is 0 Å². The van der Waals surface area contributed by atoms with Gasteiger partial charge >= 0.3 is 5.97 Å². The summed E-state index contributed by atoms with van der Waals surface area (Å²) in [5, 5.41) is 5.89. The number of benzene rings is 1. The number of amides is 2. The van der Waals surface area contributed by atoms with Crippen LogP contribution < -0.4 is 10.6 Å². The zero-order valence-electron chi connectivity index (χ0n) is 15.4. The van der Waals surface area contributed by atoms with Crippen LogP contribution in [-0.4, -0.2) is 68.2 Å². The average molecular weight is 375 g/mol. The van der Waals surface area contributed by atoms with Crippen molar-refractivity contribution in [1.29, 1.82) is 0 Å². The van der Waals surface area contributed by atoms with Crippen LogP contribution >= 0.6 is 0 Å². The van der Waals surface area contributed by atoms with E-state index in [1.165, 1.54) is 7.11 Å². The van der Waals surface area contributed by atoms with Crippen LogP contribution in [0.5, 0.6) is 0 Å². The number of carbonyl (C=O) groups excluding carboxylic acids is 3. The maximum atomic E-state index is 12.9. The largest absolute Gasteiger partial charge is 0.467 e. The van der Waals surface area contributed by atoms with Crippen LogP contribution in [0.1, 0.15) is 29.6 Å². The molecule has 0 bridgehead atoms. The Hall–Kier alpha value is -2.45. The fourth-order valence-corrected chi connectivity index (χ4v) is 3.41. The van der Waals surface area contributed by atoms with Gasteiger partial charge in [0.15, 0.2) is 0 Å². The van der Waals surface area contributed by atoms with E-state index in [0.29, 0.717) is 37.4 Å². The molecule has 0 aromatic heterocycles. The van der Waals surface area contributed by atoms with Gasteiger partial charge in [0.1, 0.15) is 12.1 Å². The Morgan fingerprint density at radius 2 is 2.15 bits per heavy atom. The second-order valence-corrected chi connectivity index (χ2v) is 6.67. The summed E-state index contributed by atoms with van der Waals surface area (Å²) in [4.78, 5) is 38.8. The number of piperidine rings is 1. The lowest BCUT2D eigenvalue weighted by molar-refractivity contribution is -0.147. The zero-order valence-corrected chi connectivity index (χ0v) is 15.4. The highest BCUT2D eigenvalue weighted by molar-refractivity contribution is 5.99. The maximum absolute atomic E-state index is 12.9. The van der Waals surface area contributed by atoms with Crippen LogP contribution in [0.4, 0.5) is 5.69 Å². The number of ether oxygens (including phenoxy) is 2. The number of morpholine rings is 1. The Morgan fingerprint density at radius 1 is 1.30 bits per heavy atom. The van der Waals surface area contributed by atoms with Crippen LogP contribution in [0.25, 0.3) is 0 Å². The average Bonchev–Trinajstić information content (AvgIpc) is 2.73. The summed E-state index contributed by atoms with van der Waals surface area (Å²) in [5.41, 5.74) is 0.943. The fourth-order valence-electron chi connectivity index (χ4n) is 3.41. The highest BCUT2D eigenvalue weighted by Gasteiger charge is 2.33. The van der Waals surface area contributed by atoms with Gasteiger partial charge < -0.3 is 25.0 Å². The number of likely N-dealkylation sites (tertiary alicyclic amines) is 1. The first kappa shape index (κ1) is 19.3. The van der Waals surface area contributed by atoms with Crippen LogP contribution in [-0.2, 0) is 19.1 Å². The van der Waals surface area contributed by atoms with Crippen molar-refractivity contribution in [3.63, 3.8) is 0 Å². The third kappa shape index (κ3) is 4.64. The van der Waals surface area contributed by atoms with E-state index in [4.69, 9.17) is 9.47 Å². The molecule has 8 heteroatoms. The van der Waals surface area contributed by atoms with Gasteiger partial charge in [0.05, 0.1) is 13.7 Å². The van der Waals surface area contributed by atoms with Gasteiger partial charge in [-0.25, -0.2) is 4.79 Å². The van der Waals surface area contributed by atoms with Gasteiger partial charge in [0, 0.05) is 30.9 Å². The highest BCUT2D eigenvalue weighted by Crippen LogP contribution is 2.22. The second-order valence-electron chi connectivity index (χ2n) is 6.67. The molecule has 2 amide bonds. The van der Waals surface area contributed by atoms with Crippen molar-refractivity contribution in [2.45, 2.75) is 31.4 Å². The minimum atomic E-state index is -0.559. The van der Waals surface area contributed by atoms with Gasteiger partial charge in [0.25, 0.3) is 11.8 Å². The van der Waals surface area contributed by atoms with E-state index in [-0.39, 0.29) is 11.8 Å². The molecule has 0 saturated carbocycles. The Bertz CT molecular complexity index is 702. The zero-order chi connectivity index (χ0) is 19.2. The summed E-state index contributed by atoms with van der Waals surface area (Å²) >= 11 is 0. The molecule has 0 aliphatic carbocycles. The lowest BCUT2D eigenvalue weighted by Gasteiger charge is -2.33. The molecule has 2 aliphatic rings. The molecule has 0 radical (unpaired) electrons. The molecule has 2 heterocycles. The van der Waals surface area contributed by atoms with E-state index >= 15 is 0 Å². The van der Waals surface area contributed by atoms with Crippen molar-refractivity contribution in [3.8, 4) is 0 Å². The Morgan fingerprint density at radius 3 is 2.89 bits per heavy atom. The van der Waals surface area contributed by atoms with Crippen molar-refractivity contribution in [3.05, 3.63) is 29.8 Å². The molecule has 2 atom stereocenters. The minimum absolute atomic E-state index is 0.239. The molecule has 2 N–H and O–H groups in total. The van der Waals surface area contributed by atoms with Crippen molar-refractivity contribution in [1.82, 2.24) is 10.2 Å². The quantitative estimate of drug-likeness (QED) is 0.755. The first-order valence-corrected chi connectivity index (χ1v) is 9.22. The second kappa shape index (κ2) is 8.96. The molecule has 1 aromatic carbocycles. The third-order valence-electron chi connectivity index (χ3n) is 4.83. The molecule has 8 nitrogen and oxygen atoms in total. The summed E-state index contributed by atoms with van der Waals surface area (Å²) in [7, 11) is 1.33. The number of esters is 1. The van der Waals surface area contributed by atoms with Crippen molar-refractivity contribution in [2.24, 2.45) is 0 Å². The molecule has 0 spiro atoms. The summed E-state index contributed by atoms with van der Waals surface area (Å²) < 4.78 is 10.3. The van der Waals surface area contributed by atoms with Gasteiger partial charge in [-0.1, -0.05) is 6.07 Å². The van der Waals surface area contributed by atoms with E-state index in [0.717, 1.165) is 19.4 Å². The smallest absolute Gasteiger partial charge is 0.328 e. The highest BCUT2D eigenvalue weighted by atomic mass is 16.5. The lowest BCUT2D eigenvalue weighted by atomic mass is 10.0. The number of rotatable bonds is 4. The maximum Gasteiger partial charge on any atom is 0.328 e. The topological polar surface area (TPSA) is 97.0 Å². The number of hydrogen-bond donors (Lipinski definition) is 2. The monoisotopic (exact) mass is 375 g/mol. The van der Waals surface area contributed by atoms with Crippen LogP contribution in [0, 0.1) is 0 Å². The number of anilines is 1. The first-order valence-electron chi connectivity index (χ1n) is 9.22. The molecular weight excluding hydrogens is 350 g/mol. The summed E-state index contributed by atoms with van der Waals surface area (Å²) in [6, 6.07) is 6.17. The summed E-state index contributed by atoms with van der Waals surface area (Å²) in [6.07, 6.45) is 1.78. The normalized spacial score (nSPS) is 22.8. The van der Waals surface area contributed by atoms with E-state index in [1.54, 1.807) is 29.2 Å². The lowest BCUT2D eigenvalue weighted by Crippen LogP contribution is -2.48. The molecule has 3 rings (SSSR count). The number of hydrogen-bond acceptors (Lipinski definition) is 6. The number of carbonyl (C=O) groups is 3. The van der Waals surface area contributed by atoms with E-state index < -0.39 is 18.1 Å². The SMILES string of the molecule is COC(=O)C1CCCCN1C(=O)c1cccc(NC(=O)C2CNCCO2)c1.